The van der Waals surface area contributed by atoms with Gasteiger partial charge in [0.05, 0.1) is 20.3 Å². The highest BCUT2D eigenvalue weighted by Crippen LogP contribution is 2.19. The molecule has 1 aromatic rings. The zero-order chi connectivity index (χ0) is 21.5. The minimum absolute atomic E-state index is 0. The van der Waals surface area contributed by atoms with Gasteiger partial charge in [0.25, 0.3) is 0 Å². The molecular weight excluding hydrogens is 374 g/mol. The standard InChI is InChI=1S/C13H16O3.C8H15NO3.CH4/c1-4-16-13(14)8-7-11-6-5-10(2)12(9-11)15-3;1-4-7(9-6(3)10)8(11)12-5-2;/h5-9H,4H2,1-3H3;7H,4-5H2,1-3H3,(H,9,10);1H4/b8-7+;;. The molecule has 0 aromatic heterocycles. The zero-order valence-electron chi connectivity index (χ0n) is 17.5. The molecule has 1 aromatic carbocycles. The van der Waals surface area contributed by atoms with Crippen molar-refractivity contribution in [1.82, 2.24) is 5.32 Å². The van der Waals surface area contributed by atoms with Crippen LogP contribution in [0.25, 0.3) is 6.08 Å². The number of aryl methyl sites for hydroxylation is 1. The van der Waals surface area contributed by atoms with E-state index in [1.165, 1.54) is 13.0 Å². The highest BCUT2D eigenvalue weighted by molar-refractivity contribution is 5.87. The third kappa shape index (κ3) is 12.3. The second kappa shape index (κ2) is 16.2. The summed E-state index contributed by atoms with van der Waals surface area (Å²) in [6.45, 7) is 9.41. The zero-order valence-corrected chi connectivity index (χ0v) is 17.5. The Balaban J connectivity index is 0. The smallest absolute Gasteiger partial charge is 0.330 e. The van der Waals surface area contributed by atoms with Gasteiger partial charge in [-0.15, -0.1) is 0 Å². The first-order valence-corrected chi connectivity index (χ1v) is 9.22. The molecule has 1 atom stereocenters. The van der Waals surface area contributed by atoms with Crippen LogP contribution < -0.4 is 10.1 Å². The van der Waals surface area contributed by atoms with Crippen LogP contribution in [-0.2, 0) is 23.9 Å². The SMILES string of the molecule is C.CCOC(=O)/C=C/c1ccc(C)c(OC)c1.CCOC(=O)C(CC)NC(C)=O. The fourth-order valence-corrected chi connectivity index (χ4v) is 2.11. The van der Waals surface area contributed by atoms with E-state index in [2.05, 4.69) is 5.32 Å². The number of esters is 2. The molecule has 1 rings (SSSR count). The molecule has 7 nitrogen and oxygen atoms in total. The van der Waals surface area contributed by atoms with Crippen molar-refractivity contribution in [2.24, 2.45) is 0 Å². The molecular formula is C22H35NO6. The van der Waals surface area contributed by atoms with Gasteiger partial charge in [0.15, 0.2) is 0 Å². The van der Waals surface area contributed by atoms with Gasteiger partial charge < -0.3 is 19.5 Å². The summed E-state index contributed by atoms with van der Waals surface area (Å²) >= 11 is 0. The molecule has 164 valence electrons. The number of carbonyl (C=O) groups is 3. The Kier molecular flexibility index (Phi) is 15.8. The van der Waals surface area contributed by atoms with Crippen molar-refractivity contribution < 1.29 is 28.6 Å². The summed E-state index contributed by atoms with van der Waals surface area (Å²) < 4.78 is 14.7. The molecule has 0 bridgehead atoms. The van der Waals surface area contributed by atoms with E-state index < -0.39 is 6.04 Å². The van der Waals surface area contributed by atoms with Crippen molar-refractivity contribution in [3.05, 3.63) is 35.4 Å². The van der Waals surface area contributed by atoms with Gasteiger partial charge in [0.2, 0.25) is 5.91 Å². The van der Waals surface area contributed by atoms with Crippen LogP contribution in [-0.4, -0.2) is 44.2 Å². The van der Waals surface area contributed by atoms with Crippen LogP contribution in [0.1, 0.15) is 52.7 Å². The van der Waals surface area contributed by atoms with E-state index in [0.717, 1.165) is 16.9 Å². The van der Waals surface area contributed by atoms with Crippen molar-refractivity contribution in [3.63, 3.8) is 0 Å². The number of ether oxygens (including phenoxy) is 3. The summed E-state index contributed by atoms with van der Waals surface area (Å²) in [5.41, 5.74) is 1.98. The van der Waals surface area contributed by atoms with Crippen molar-refractivity contribution in [2.75, 3.05) is 20.3 Å². The quantitative estimate of drug-likeness (QED) is 0.520. The maximum Gasteiger partial charge on any atom is 0.330 e. The molecule has 0 saturated heterocycles. The lowest BCUT2D eigenvalue weighted by Gasteiger charge is -2.13. The maximum atomic E-state index is 11.1. The Morgan fingerprint density at radius 3 is 2.21 bits per heavy atom. The number of rotatable bonds is 8. The number of carbonyl (C=O) groups excluding carboxylic acids is 3. The molecule has 0 heterocycles. The Hall–Kier alpha value is -2.83. The van der Waals surface area contributed by atoms with E-state index in [0.29, 0.717) is 19.6 Å². The predicted octanol–water partition coefficient (Wildman–Crippen LogP) is 3.68. The first-order valence-electron chi connectivity index (χ1n) is 9.22. The van der Waals surface area contributed by atoms with E-state index in [1.807, 2.05) is 32.0 Å². The molecule has 1 unspecified atom stereocenters. The van der Waals surface area contributed by atoms with Crippen molar-refractivity contribution in [2.45, 2.75) is 54.5 Å². The monoisotopic (exact) mass is 409 g/mol. The summed E-state index contributed by atoms with van der Waals surface area (Å²) in [6.07, 6.45) is 3.67. The molecule has 0 aliphatic carbocycles. The van der Waals surface area contributed by atoms with E-state index in [-0.39, 0.29) is 25.3 Å². The van der Waals surface area contributed by atoms with Gasteiger partial charge in [0, 0.05) is 13.0 Å². The average molecular weight is 410 g/mol. The van der Waals surface area contributed by atoms with Crippen molar-refractivity contribution >= 4 is 23.9 Å². The maximum absolute atomic E-state index is 11.1. The van der Waals surface area contributed by atoms with Crippen LogP contribution >= 0.6 is 0 Å². The Morgan fingerprint density at radius 2 is 1.72 bits per heavy atom. The van der Waals surface area contributed by atoms with E-state index in [9.17, 15) is 14.4 Å². The minimum Gasteiger partial charge on any atom is -0.496 e. The fraction of sp³-hybridized carbons (Fsp3) is 0.500. The minimum atomic E-state index is -0.498. The van der Waals surface area contributed by atoms with E-state index >= 15 is 0 Å². The molecule has 7 heteroatoms. The van der Waals surface area contributed by atoms with Gasteiger partial charge in [0.1, 0.15) is 11.8 Å². The Bertz CT molecular complexity index is 669. The summed E-state index contributed by atoms with van der Waals surface area (Å²) in [5, 5.41) is 2.50. The average Bonchev–Trinajstić information content (AvgIpc) is 2.66. The van der Waals surface area contributed by atoms with Crippen molar-refractivity contribution in [1.29, 1.82) is 0 Å². The lowest BCUT2D eigenvalue weighted by atomic mass is 10.1. The highest BCUT2D eigenvalue weighted by atomic mass is 16.5. The second-order valence-corrected chi connectivity index (χ2v) is 5.73. The molecule has 1 amide bonds. The van der Waals surface area contributed by atoms with Crippen LogP contribution in [0.15, 0.2) is 24.3 Å². The van der Waals surface area contributed by atoms with Gasteiger partial charge in [-0.25, -0.2) is 9.59 Å². The van der Waals surface area contributed by atoms with Crippen LogP contribution in [0.3, 0.4) is 0 Å². The molecule has 0 radical (unpaired) electrons. The van der Waals surface area contributed by atoms with Gasteiger partial charge in [-0.2, -0.15) is 0 Å². The lowest BCUT2D eigenvalue weighted by Crippen LogP contribution is -2.40. The lowest BCUT2D eigenvalue weighted by molar-refractivity contribution is -0.147. The number of amides is 1. The Labute approximate surface area is 174 Å². The Morgan fingerprint density at radius 1 is 1.10 bits per heavy atom. The number of hydrogen-bond acceptors (Lipinski definition) is 6. The molecule has 0 spiro atoms. The molecule has 1 N–H and O–H groups in total. The van der Waals surface area contributed by atoms with Crippen LogP contribution in [0.4, 0.5) is 0 Å². The molecule has 0 aliphatic rings. The largest absolute Gasteiger partial charge is 0.496 e. The van der Waals surface area contributed by atoms with Crippen LogP contribution in [0.2, 0.25) is 0 Å². The normalized spacial score (nSPS) is 10.7. The van der Waals surface area contributed by atoms with Crippen molar-refractivity contribution in [3.8, 4) is 5.75 Å². The summed E-state index contributed by atoms with van der Waals surface area (Å²) in [6, 6.07) is 5.25. The van der Waals surface area contributed by atoms with E-state index in [4.69, 9.17) is 14.2 Å². The van der Waals surface area contributed by atoms with Gasteiger partial charge >= 0.3 is 11.9 Å². The number of hydrogen-bond donors (Lipinski definition) is 1. The molecule has 0 aliphatic heterocycles. The summed E-state index contributed by atoms with van der Waals surface area (Å²) in [5.74, 6) is -0.0989. The first-order chi connectivity index (χ1) is 13.3. The van der Waals surface area contributed by atoms with Gasteiger partial charge in [-0.05, 0) is 50.5 Å². The molecule has 0 fully saturated rings. The summed E-state index contributed by atoms with van der Waals surface area (Å²) in [4.78, 5) is 32.8. The van der Waals surface area contributed by atoms with Gasteiger partial charge in [-0.1, -0.05) is 26.5 Å². The second-order valence-electron chi connectivity index (χ2n) is 5.73. The third-order valence-electron chi connectivity index (χ3n) is 3.49. The number of benzene rings is 1. The summed E-state index contributed by atoms with van der Waals surface area (Å²) in [7, 11) is 1.63. The number of nitrogens with one attached hydrogen (secondary N) is 1. The molecule has 29 heavy (non-hydrogen) atoms. The fourth-order valence-electron chi connectivity index (χ4n) is 2.11. The van der Waals surface area contributed by atoms with E-state index in [1.54, 1.807) is 27.0 Å². The van der Waals surface area contributed by atoms with Crippen LogP contribution in [0, 0.1) is 6.92 Å². The highest BCUT2D eigenvalue weighted by Gasteiger charge is 2.17. The van der Waals surface area contributed by atoms with Crippen LogP contribution in [0.5, 0.6) is 5.75 Å². The predicted molar refractivity (Wildman–Crippen MR) is 115 cm³/mol. The molecule has 0 saturated carbocycles. The van der Waals surface area contributed by atoms with Gasteiger partial charge in [-0.3, -0.25) is 4.79 Å². The topological polar surface area (TPSA) is 90.9 Å². The first kappa shape index (κ1) is 28.4. The third-order valence-corrected chi connectivity index (χ3v) is 3.49. The number of methoxy groups -OCH3 is 1.